The smallest absolute Gasteiger partial charge is 0.306 e. The van der Waals surface area contributed by atoms with Gasteiger partial charge in [0, 0.05) is 0 Å². The number of ether oxygens (including phenoxy) is 1. The van der Waals surface area contributed by atoms with Crippen LogP contribution in [0.4, 0.5) is 39.5 Å². The van der Waals surface area contributed by atoms with E-state index in [0.29, 0.717) is 0 Å². The lowest BCUT2D eigenvalue weighted by Crippen LogP contribution is -2.59. The molecule has 14 heteroatoms. The molecule has 0 atom stereocenters. The van der Waals surface area contributed by atoms with Gasteiger partial charge < -0.3 is 4.74 Å². The van der Waals surface area contributed by atoms with Crippen LogP contribution in [0.1, 0.15) is 0 Å². The van der Waals surface area contributed by atoms with Gasteiger partial charge in [-0.2, -0.15) is 47.9 Å². The Morgan fingerprint density at radius 2 is 1.26 bits per heavy atom. The number of hydrogen-bond donors (Lipinski definition) is 1. The number of halogens is 9. The summed E-state index contributed by atoms with van der Waals surface area (Å²) >= 11 is 0. The summed E-state index contributed by atoms with van der Waals surface area (Å²) in [4.78, 5) is 0. The highest BCUT2D eigenvalue weighted by Crippen LogP contribution is 2.48. The lowest BCUT2D eigenvalue weighted by Gasteiger charge is -2.30. The average molecular weight is 330 g/mol. The van der Waals surface area contributed by atoms with Gasteiger partial charge in [0.2, 0.25) is 0 Å². The minimum atomic E-state index is -7.02. The minimum Gasteiger partial charge on any atom is -0.306 e. The summed E-state index contributed by atoms with van der Waals surface area (Å²) in [5.41, 5.74) is 0. The lowest BCUT2D eigenvalue weighted by atomic mass is 10.3. The van der Waals surface area contributed by atoms with Crippen LogP contribution >= 0.6 is 0 Å². The summed E-state index contributed by atoms with van der Waals surface area (Å²) in [6.45, 7) is -3.04. The van der Waals surface area contributed by atoms with Gasteiger partial charge in [0.05, 0.1) is 0 Å². The van der Waals surface area contributed by atoms with E-state index in [1.807, 2.05) is 0 Å². The van der Waals surface area contributed by atoms with Crippen molar-refractivity contribution >= 4 is 10.1 Å². The molecule has 0 fully saturated rings. The van der Waals surface area contributed by atoms with Crippen molar-refractivity contribution in [3.05, 3.63) is 0 Å². The maximum atomic E-state index is 12.5. The van der Waals surface area contributed by atoms with Crippen LogP contribution in [0.3, 0.4) is 0 Å². The molecule has 0 aliphatic carbocycles. The van der Waals surface area contributed by atoms with Gasteiger partial charge in [0.1, 0.15) is 6.61 Å². The largest absolute Gasteiger partial charge is 0.440 e. The Balaban J connectivity index is 5.40. The molecule has 0 radical (unpaired) electrons. The molecule has 0 aromatic carbocycles. The predicted octanol–water partition coefficient (Wildman–Crippen LogP) is 2.27. The fourth-order valence-corrected chi connectivity index (χ4v) is 1.04. The summed E-state index contributed by atoms with van der Waals surface area (Å²) in [7, 11) is -7.02. The fourth-order valence-electron chi connectivity index (χ4n) is 0.595. The van der Waals surface area contributed by atoms with Crippen molar-refractivity contribution in [3.63, 3.8) is 0 Å². The molecule has 0 unspecified atom stereocenters. The molecule has 0 rings (SSSR count). The number of hydrogen-bond acceptors (Lipinski definition) is 3. The highest BCUT2D eigenvalue weighted by atomic mass is 32.2. The van der Waals surface area contributed by atoms with Crippen LogP contribution in [0.25, 0.3) is 0 Å². The first kappa shape index (κ1) is 18.2. The van der Waals surface area contributed by atoms with Crippen molar-refractivity contribution in [2.75, 3.05) is 6.61 Å². The van der Waals surface area contributed by atoms with Crippen molar-refractivity contribution in [1.82, 2.24) is 0 Å². The second kappa shape index (κ2) is 4.66. The molecule has 0 aromatic heterocycles. The summed E-state index contributed by atoms with van der Waals surface area (Å²) in [6, 6.07) is 0. The number of alkyl halides is 9. The second-order valence-corrected chi connectivity index (χ2v) is 4.45. The normalized spacial score (nSPS) is 15.7. The van der Waals surface area contributed by atoms with Gasteiger partial charge in [-0.15, -0.1) is 0 Å². The van der Waals surface area contributed by atoms with Crippen LogP contribution in [-0.4, -0.2) is 43.0 Å². The molecule has 0 aromatic rings. The van der Waals surface area contributed by atoms with Gasteiger partial charge in [-0.05, 0) is 0 Å². The van der Waals surface area contributed by atoms with E-state index < -0.39 is 40.2 Å². The van der Waals surface area contributed by atoms with Gasteiger partial charge in [0.15, 0.2) is 0 Å². The highest BCUT2D eigenvalue weighted by Gasteiger charge is 2.79. The van der Waals surface area contributed by atoms with Crippen LogP contribution < -0.4 is 0 Å². The molecule has 116 valence electrons. The molecule has 0 spiro atoms. The first-order valence-electron chi connectivity index (χ1n) is 3.77. The second-order valence-electron chi connectivity index (χ2n) is 2.99. The molecule has 0 aliphatic rings. The topological polar surface area (TPSA) is 63.6 Å². The third-order valence-electron chi connectivity index (χ3n) is 1.47. The zero-order valence-corrected chi connectivity index (χ0v) is 9.01. The molecule has 1 N–H and O–H groups in total. The van der Waals surface area contributed by atoms with Crippen molar-refractivity contribution in [2.45, 2.75) is 23.5 Å². The first-order valence-corrected chi connectivity index (χ1v) is 5.21. The van der Waals surface area contributed by atoms with E-state index in [2.05, 4.69) is 4.74 Å². The average Bonchev–Trinajstić information content (AvgIpc) is 2.11. The molecular formula is C5H3F9O4S. The summed E-state index contributed by atoms with van der Waals surface area (Å²) in [5.74, 6) is -6.93. The van der Waals surface area contributed by atoms with Crippen molar-refractivity contribution < 1.29 is 57.2 Å². The Bertz CT molecular complexity index is 424. The predicted molar refractivity (Wildman–Crippen MR) is 38.4 cm³/mol. The van der Waals surface area contributed by atoms with Crippen LogP contribution in [0.2, 0.25) is 0 Å². The van der Waals surface area contributed by atoms with Crippen molar-refractivity contribution in [1.29, 1.82) is 0 Å². The molecule has 19 heavy (non-hydrogen) atoms. The van der Waals surface area contributed by atoms with Gasteiger partial charge in [-0.25, -0.2) is 0 Å². The molecule has 0 saturated carbocycles. The Labute approximate surface area is 98.4 Å². The zero-order chi connectivity index (χ0) is 15.9. The van der Waals surface area contributed by atoms with Gasteiger partial charge in [-0.3, -0.25) is 4.55 Å². The minimum absolute atomic E-state index is 2.28. The van der Waals surface area contributed by atoms with E-state index in [9.17, 15) is 47.9 Å². The molecule has 0 saturated heterocycles. The van der Waals surface area contributed by atoms with E-state index in [1.165, 1.54) is 0 Å². The molecule has 0 heterocycles. The summed E-state index contributed by atoms with van der Waals surface area (Å²) in [5, 5.41) is -6.75. The number of rotatable bonds is 5. The zero-order valence-electron chi connectivity index (χ0n) is 8.19. The van der Waals surface area contributed by atoms with Gasteiger partial charge >= 0.3 is 33.6 Å². The molecule has 0 aliphatic heterocycles. The SMILES string of the molecule is O=S(=O)(O)C(F)(F)C(F)(F)C(F)(F)OCC(F)(F)F. The van der Waals surface area contributed by atoms with E-state index in [0.717, 1.165) is 0 Å². The summed E-state index contributed by atoms with van der Waals surface area (Å²) in [6.07, 6.45) is -12.1. The van der Waals surface area contributed by atoms with Crippen molar-refractivity contribution in [3.8, 4) is 0 Å². The fraction of sp³-hybridized carbons (Fsp3) is 1.00. The lowest BCUT2D eigenvalue weighted by molar-refractivity contribution is -0.396. The Hall–Kier alpha value is -0.760. The Morgan fingerprint density at radius 1 is 0.895 bits per heavy atom. The standard InChI is InChI=1S/C5H3F9O4S/c6-2(7,8)1-18-4(11,12)3(9,10)5(13,14)19(15,16)17/h1H2,(H,15,16,17). The van der Waals surface area contributed by atoms with Crippen LogP contribution in [0.5, 0.6) is 0 Å². The molecule has 0 amide bonds. The van der Waals surface area contributed by atoms with E-state index in [-0.39, 0.29) is 0 Å². The monoisotopic (exact) mass is 330 g/mol. The van der Waals surface area contributed by atoms with Gasteiger partial charge in [0.25, 0.3) is 0 Å². The molecular weight excluding hydrogens is 327 g/mol. The third kappa shape index (κ3) is 3.62. The van der Waals surface area contributed by atoms with Crippen molar-refractivity contribution in [2.24, 2.45) is 0 Å². The van der Waals surface area contributed by atoms with Crippen LogP contribution in [0.15, 0.2) is 0 Å². The summed E-state index contributed by atoms with van der Waals surface area (Å²) < 4.78 is 139. The first-order chi connectivity index (χ1) is 7.96. The van der Waals surface area contributed by atoms with E-state index >= 15 is 0 Å². The van der Waals surface area contributed by atoms with Crippen LogP contribution in [0, 0.1) is 0 Å². The Kier molecular flexibility index (Phi) is 4.47. The maximum Gasteiger partial charge on any atom is 0.440 e. The van der Waals surface area contributed by atoms with E-state index in [4.69, 9.17) is 4.55 Å². The third-order valence-corrected chi connectivity index (χ3v) is 2.38. The van der Waals surface area contributed by atoms with Crippen LogP contribution in [-0.2, 0) is 14.9 Å². The van der Waals surface area contributed by atoms with Gasteiger partial charge in [-0.1, -0.05) is 0 Å². The maximum absolute atomic E-state index is 12.5. The highest BCUT2D eigenvalue weighted by molar-refractivity contribution is 7.87. The molecule has 4 nitrogen and oxygen atoms in total. The van der Waals surface area contributed by atoms with E-state index in [1.54, 1.807) is 0 Å². The quantitative estimate of drug-likeness (QED) is 0.620. The Morgan fingerprint density at radius 3 is 1.53 bits per heavy atom. The molecule has 0 bridgehead atoms.